The summed E-state index contributed by atoms with van der Waals surface area (Å²) in [6.45, 7) is 2.22. The standard InChI is InChI=1S/C16H26O3/c1-2-3-4-5-6-7-8-9-10-13-14(17)11-12-15(18)16(13)19/h11-12,17-19H,2-10H2,1H3. The van der Waals surface area contributed by atoms with E-state index in [1.807, 2.05) is 0 Å². The summed E-state index contributed by atoms with van der Waals surface area (Å²) in [7, 11) is 0. The molecular formula is C16H26O3. The number of phenolic OH excluding ortho intramolecular Hbond substituents is 3. The van der Waals surface area contributed by atoms with Crippen molar-refractivity contribution >= 4 is 0 Å². The van der Waals surface area contributed by atoms with Gasteiger partial charge in [-0.05, 0) is 25.0 Å². The molecule has 0 aromatic heterocycles. The molecule has 0 spiro atoms. The largest absolute Gasteiger partial charge is 0.508 e. The molecule has 0 atom stereocenters. The van der Waals surface area contributed by atoms with Gasteiger partial charge in [0.05, 0.1) is 0 Å². The minimum Gasteiger partial charge on any atom is -0.508 e. The van der Waals surface area contributed by atoms with Crippen molar-refractivity contribution < 1.29 is 15.3 Å². The first-order valence-corrected chi connectivity index (χ1v) is 7.39. The van der Waals surface area contributed by atoms with E-state index in [-0.39, 0.29) is 17.2 Å². The lowest BCUT2D eigenvalue weighted by Gasteiger charge is -2.08. The van der Waals surface area contributed by atoms with Crippen LogP contribution < -0.4 is 0 Å². The summed E-state index contributed by atoms with van der Waals surface area (Å²) in [4.78, 5) is 0. The number of benzene rings is 1. The average Bonchev–Trinajstić information content (AvgIpc) is 2.40. The molecule has 0 saturated heterocycles. The van der Waals surface area contributed by atoms with Crippen LogP contribution in [0.25, 0.3) is 0 Å². The zero-order valence-corrected chi connectivity index (χ0v) is 11.9. The molecule has 1 aromatic rings. The maximum absolute atomic E-state index is 9.67. The molecule has 19 heavy (non-hydrogen) atoms. The summed E-state index contributed by atoms with van der Waals surface area (Å²) >= 11 is 0. The number of unbranched alkanes of at least 4 members (excludes halogenated alkanes) is 7. The molecule has 1 rings (SSSR count). The summed E-state index contributed by atoms with van der Waals surface area (Å²) in [5, 5.41) is 28.7. The number of rotatable bonds is 9. The van der Waals surface area contributed by atoms with Crippen molar-refractivity contribution in [2.75, 3.05) is 0 Å². The van der Waals surface area contributed by atoms with E-state index >= 15 is 0 Å². The second-order valence-electron chi connectivity index (χ2n) is 5.16. The van der Waals surface area contributed by atoms with Gasteiger partial charge in [0.15, 0.2) is 11.5 Å². The van der Waals surface area contributed by atoms with Crippen molar-refractivity contribution in [1.82, 2.24) is 0 Å². The summed E-state index contributed by atoms with van der Waals surface area (Å²) in [5.41, 5.74) is 0.464. The maximum Gasteiger partial charge on any atom is 0.164 e. The van der Waals surface area contributed by atoms with Crippen molar-refractivity contribution in [1.29, 1.82) is 0 Å². The first kappa shape index (κ1) is 15.7. The van der Waals surface area contributed by atoms with E-state index in [0.29, 0.717) is 12.0 Å². The molecule has 0 aliphatic rings. The Kier molecular flexibility index (Phi) is 7.16. The van der Waals surface area contributed by atoms with Crippen LogP contribution in [0.1, 0.15) is 63.9 Å². The Balaban J connectivity index is 2.21. The summed E-state index contributed by atoms with van der Waals surface area (Å²) in [5.74, 6) is -0.270. The fourth-order valence-corrected chi connectivity index (χ4v) is 2.30. The van der Waals surface area contributed by atoms with E-state index in [1.165, 1.54) is 50.7 Å². The number of hydrogen-bond donors (Lipinski definition) is 3. The Bertz CT molecular complexity index is 375. The van der Waals surface area contributed by atoms with Crippen molar-refractivity contribution in [3.05, 3.63) is 17.7 Å². The molecule has 0 aliphatic heterocycles. The van der Waals surface area contributed by atoms with E-state index in [0.717, 1.165) is 12.8 Å². The molecule has 0 amide bonds. The monoisotopic (exact) mass is 266 g/mol. The predicted molar refractivity (Wildman–Crippen MR) is 77.8 cm³/mol. The zero-order valence-electron chi connectivity index (χ0n) is 11.9. The van der Waals surface area contributed by atoms with Gasteiger partial charge in [0, 0.05) is 5.56 Å². The van der Waals surface area contributed by atoms with E-state index in [9.17, 15) is 15.3 Å². The van der Waals surface area contributed by atoms with Crippen molar-refractivity contribution in [2.24, 2.45) is 0 Å². The van der Waals surface area contributed by atoms with E-state index < -0.39 is 0 Å². The maximum atomic E-state index is 9.67. The molecule has 108 valence electrons. The Morgan fingerprint density at radius 1 is 0.737 bits per heavy atom. The van der Waals surface area contributed by atoms with Gasteiger partial charge in [-0.3, -0.25) is 0 Å². The van der Waals surface area contributed by atoms with Gasteiger partial charge in [-0.1, -0.05) is 51.9 Å². The summed E-state index contributed by atoms with van der Waals surface area (Å²) in [6.07, 6.45) is 10.3. The van der Waals surface area contributed by atoms with Crippen molar-refractivity contribution in [3.63, 3.8) is 0 Å². The first-order valence-electron chi connectivity index (χ1n) is 7.39. The van der Waals surface area contributed by atoms with Crippen LogP contribution in [-0.4, -0.2) is 15.3 Å². The molecule has 1 aromatic carbocycles. The molecular weight excluding hydrogens is 240 g/mol. The third kappa shape index (κ3) is 5.41. The Morgan fingerprint density at radius 3 is 1.89 bits per heavy atom. The Labute approximate surface area is 115 Å². The van der Waals surface area contributed by atoms with Crippen LogP contribution in [0, 0.1) is 0 Å². The van der Waals surface area contributed by atoms with Crippen molar-refractivity contribution in [2.45, 2.75) is 64.7 Å². The predicted octanol–water partition coefficient (Wildman–Crippen LogP) is 4.49. The smallest absolute Gasteiger partial charge is 0.164 e. The summed E-state index contributed by atoms with van der Waals surface area (Å²) < 4.78 is 0. The molecule has 3 N–H and O–H groups in total. The molecule has 0 fully saturated rings. The van der Waals surface area contributed by atoms with Crippen LogP contribution in [0.15, 0.2) is 12.1 Å². The zero-order chi connectivity index (χ0) is 14.1. The number of hydrogen-bond acceptors (Lipinski definition) is 3. The van der Waals surface area contributed by atoms with Gasteiger partial charge in [0.2, 0.25) is 0 Å². The van der Waals surface area contributed by atoms with E-state index in [4.69, 9.17) is 0 Å². The molecule has 0 radical (unpaired) electrons. The van der Waals surface area contributed by atoms with Crippen LogP contribution in [0.3, 0.4) is 0 Å². The highest BCUT2D eigenvalue weighted by molar-refractivity contribution is 5.51. The molecule has 0 saturated carbocycles. The highest BCUT2D eigenvalue weighted by Crippen LogP contribution is 2.35. The third-order valence-electron chi connectivity index (χ3n) is 3.52. The average molecular weight is 266 g/mol. The van der Waals surface area contributed by atoms with Crippen molar-refractivity contribution in [3.8, 4) is 17.2 Å². The molecule has 0 heterocycles. The fourth-order valence-electron chi connectivity index (χ4n) is 2.30. The second kappa shape index (κ2) is 8.68. The highest BCUT2D eigenvalue weighted by Gasteiger charge is 2.10. The molecule has 0 unspecified atom stereocenters. The molecule has 0 aliphatic carbocycles. The molecule has 3 heteroatoms. The summed E-state index contributed by atoms with van der Waals surface area (Å²) in [6, 6.07) is 2.73. The lowest BCUT2D eigenvalue weighted by Crippen LogP contribution is -1.89. The van der Waals surface area contributed by atoms with Gasteiger partial charge in [-0.15, -0.1) is 0 Å². The minimum absolute atomic E-state index is 0.0678. The SMILES string of the molecule is CCCCCCCCCCc1c(O)ccc(O)c1O. The second-order valence-corrected chi connectivity index (χ2v) is 5.16. The lowest BCUT2D eigenvalue weighted by atomic mass is 10.0. The fraction of sp³-hybridized carbons (Fsp3) is 0.625. The lowest BCUT2D eigenvalue weighted by molar-refractivity contribution is 0.388. The Hall–Kier alpha value is -1.38. The van der Waals surface area contributed by atoms with Gasteiger partial charge >= 0.3 is 0 Å². The normalized spacial score (nSPS) is 10.8. The Morgan fingerprint density at radius 2 is 1.26 bits per heavy atom. The van der Waals surface area contributed by atoms with E-state index in [2.05, 4.69) is 6.92 Å². The topological polar surface area (TPSA) is 60.7 Å². The van der Waals surface area contributed by atoms with Crippen LogP contribution in [-0.2, 0) is 6.42 Å². The van der Waals surface area contributed by atoms with Gasteiger partial charge < -0.3 is 15.3 Å². The molecule has 0 bridgehead atoms. The quantitative estimate of drug-likeness (QED) is 0.350. The van der Waals surface area contributed by atoms with Gasteiger partial charge in [-0.25, -0.2) is 0 Å². The van der Waals surface area contributed by atoms with Crippen LogP contribution >= 0.6 is 0 Å². The number of aromatic hydroxyl groups is 3. The van der Waals surface area contributed by atoms with Crippen LogP contribution in [0.2, 0.25) is 0 Å². The van der Waals surface area contributed by atoms with Crippen LogP contribution in [0.4, 0.5) is 0 Å². The minimum atomic E-state index is -0.178. The van der Waals surface area contributed by atoms with Gasteiger partial charge in [0.1, 0.15) is 5.75 Å². The van der Waals surface area contributed by atoms with E-state index in [1.54, 1.807) is 0 Å². The number of phenols is 3. The third-order valence-corrected chi connectivity index (χ3v) is 3.52. The van der Waals surface area contributed by atoms with Crippen LogP contribution in [0.5, 0.6) is 17.2 Å². The van der Waals surface area contributed by atoms with Gasteiger partial charge in [-0.2, -0.15) is 0 Å². The first-order chi connectivity index (χ1) is 9.16. The molecule has 3 nitrogen and oxygen atoms in total. The van der Waals surface area contributed by atoms with Gasteiger partial charge in [0.25, 0.3) is 0 Å². The highest BCUT2D eigenvalue weighted by atomic mass is 16.3.